The summed E-state index contributed by atoms with van der Waals surface area (Å²) < 4.78 is 5.95. The molecule has 2 atom stereocenters. The van der Waals surface area contributed by atoms with Crippen LogP contribution in [0.2, 0.25) is 0 Å². The number of nitrogens with one attached hydrogen (secondary N) is 1. The Morgan fingerprint density at radius 2 is 2.04 bits per heavy atom. The Morgan fingerprint density at radius 1 is 1.25 bits per heavy atom. The molecule has 0 radical (unpaired) electrons. The van der Waals surface area contributed by atoms with Crippen LogP contribution in [0.25, 0.3) is 10.9 Å². The van der Waals surface area contributed by atoms with Crippen molar-refractivity contribution in [3.05, 3.63) is 64.1 Å². The maximum absolute atomic E-state index is 12.1. The van der Waals surface area contributed by atoms with Crippen molar-refractivity contribution in [1.82, 2.24) is 14.9 Å². The lowest BCUT2D eigenvalue weighted by Crippen LogP contribution is -2.21. The Balaban J connectivity index is 1.47. The van der Waals surface area contributed by atoms with Crippen LogP contribution >= 0.6 is 0 Å². The minimum Gasteiger partial charge on any atom is -0.464 e. The van der Waals surface area contributed by atoms with Crippen molar-refractivity contribution < 1.29 is 4.42 Å². The van der Waals surface area contributed by atoms with Crippen LogP contribution in [0.15, 0.2) is 45.6 Å². The molecule has 4 rings (SSSR count). The second kappa shape index (κ2) is 5.91. The predicted octanol–water partition coefficient (Wildman–Crippen LogP) is 3.27. The number of hydrogen-bond acceptors (Lipinski definition) is 4. The number of furan rings is 1. The average Bonchev–Trinajstić information content (AvgIpc) is 3.10. The van der Waals surface area contributed by atoms with E-state index >= 15 is 0 Å². The molecule has 0 aliphatic heterocycles. The molecule has 0 saturated heterocycles. The van der Waals surface area contributed by atoms with Gasteiger partial charge in [0.2, 0.25) is 0 Å². The number of H-pyrrole nitrogens is 1. The van der Waals surface area contributed by atoms with Gasteiger partial charge in [0.25, 0.3) is 5.56 Å². The molecule has 2 aromatic heterocycles. The molecule has 1 fully saturated rings. The molecule has 0 bridgehead atoms. The first-order chi connectivity index (χ1) is 11.6. The van der Waals surface area contributed by atoms with Crippen LogP contribution in [0.5, 0.6) is 0 Å². The van der Waals surface area contributed by atoms with Crippen molar-refractivity contribution >= 4 is 10.9 Å². The minimum absolute atomic E-state index is 0.0907. The quantitative estimate of drug-likeness (QED) is 0.783. The van der Waals surface area contributed by atoms with Gasteiger partial charge < -0.3 is 9.40 Å². The van der Waals surface area contributed by atoms with Gasteiger partial charge in [-0.25, -0.2) is 4.98 Å². The van der Waals surface area contributed by atoms with Gasteiger partial charge in [-0.3, -0.25) is 9.69 Å². The van der Waals surface area contributed by atoms with Crippen LogP contribution in [0.3, 0.4) is 0 Å². The van der Waals surface area contributed by atoms with E-state index in [4.69, 9.17) is 4.42 Å². The molecule has 3 aromatic rings. The summed E-state index contributed by atoms with van der Waals surface area (Å²) in [6, 6.07) is 11.5. The summed E-state index contributed by atoms with van der Waals surface area (Å²) in [5.74, 6) is 4.07. The first-order valence-corrected chi connectivity index (χ1v) is 8.35. The van der Waals surface area contributed by atoms with Crippen molar-refractivity contribution in [2.45, 2.75) is 32.4 Å². The van der Waals surface area contributed by atoms with E-state index in [1.54, 1.807) is 6.07 Å². The molecule has 0 spiro atoms. The first-order valence-electron chi connectivity index (χ1n) is 8.35. The Labute approximate surface area is 140 Å². The second-order valence-electron chi connectivity index (χ2n) is 6.83. The summed E-state index contributed by atoms with van der Waals surface area (Å²) in [5.41, 5.74) is 0.639. The SMILES string of the molecule is C[C@@H]1C[C@H]1c1ccc(CN(C)Cc2nc3ccccc3c(=O)[nH]2)o1. The normalized spacial score (nSPS) is 20.0. The molecule has 5 nitrogen and oxygen atoms in total. The van der Waals surface area contributed by atoms with Gasteiger partial charge in [0, 0.05) is 5.92 Å². The number of rotatable bonds is 5. The van der Waals surface area contributed by atoms with Gasteiger partial charge >= 0.3 is 0 Å². The maximum Gasteiger partial charge on any atom is 0.258 e. The Hall–Kier alpha value is -2.40. The number of para-hydroxylation sites is 1. The van der Waals surface area contributed by atoms with Crippen molar-refractivity contribution in [3.8, 4) is 0 Å². The third kappa shape index (κ3) is 2.99. The molecule has 1 N–H and O–H groups in total. The number of aromatic nitrogens is 2. The van der Waals surface area contributed by atoms with Gasteiger partial charge in [0.05, 0.1) is 24.0 Å². The van der Waals surface area contributed by atoms with E-state index in [1.807, 2.05) is 31.3 Å². The number of fused-ring (bicyclic) bond motifs is 1. The minimum atomic E-state index is -0.0907. The highest BCUT2D eigenvalue weighted by molar-refractivity contribution is 5.77. The van der Waals surface area contributed by atoms with E-state index in [1.165, 1.54) is 6.42 Å². The molecule has 1 aliphatic rings. The topological polar surface area (TPSA) is 62.1 Å². The highest BCUT2D eigenvalue weighted by atomic mass is 16.3. The second-order valence-corrected chi connectivity index (χ2v) is 6.83. The van der Waals surface area contributed by atoms with E-state index in [0.717, 1.165) is 23.0 Å². The van der Waals surface area contributed by atoms with E-state index in [0.29, 0.717) is 30.2 Å². The largest absolute Gasteiger partial charge is 0.464 e. The van der Waals surface area contributed by atoms with E-state index in [-0.39, 0.29) is 5.56 Å². The van der Waals surface area contributed by atoms with Crippen LogP contribution < -0.4 is 5.56 Å². The van der Waals surface area contributed by atoms with Gasteiger partial charge in [0.15, 0.2) is 0 Å². The molecule has 0 unspecified atom stereocenters. The lowest BCUT2D eigenvalue weighted by Gasteiger charge is -2.14. The third-order valence-electron chi connectivity index (χ3n) is 4.66. The van der Waals surface area contributed by atoms with Crippen LogP contribution in [0, 0.1) is 5.92 Å². The van der Waals surface area contributed by atoms with Crippen LogP contribution in [-0.2, 0) is 13.1 Å². The Morgan fingerprint density at radius 3 is 2.83 bits per heavy atom. The van der Waals surface area contributed by atoms with Gasteiger partial charge in [-0.05, 0) is 43.7 Å². The maximum atomic E-state index is 12.1. The molecule has 124 valence electrons. The van der Waals surface area contributed by atoms with E-state index < -0.39 is 0 Å². The molecule has 1 aliphatic carbocycles. The van der Waals surface area contributed by atoms with Crippen molar-refractivity contribution in [3.63, 3.8) is 0 Å². The summed E-state index contributed by atoms with van der Waals surface area (Å²) in [6.07, 6.45) is 1.23. The molecule has 1 saturated carbocycles. The molecule has 1 aromatic carbocycles. The molecular weight excluding hydrogens is 302 g/mol. The summed E-state index contributed by atoms with van der Waals surface area (Å²) in [5, 5.41) is 0.623. The zero-order valence-corrected chi connectivity index (χ0v) is 14.0. The fourth-order valence-electron chi connectivity index (χ4n) is 3.18. The van der Waals surface area contributed by atoms with Crippen LogP contribution in [-0.4, -0.2) is 21.9 Å². The smallest absolute Gasteiger partial charge is 0.258 e. The summed E-state index contributed by atoms with van der Waals surface area (Å²) in [4.78, 5) is 21.6. The first kappa shape index (κ1) is 15.1. The lowest BCUT2D eigenvalue weighted by molar-refractivity contribution is 0.277. The van der Waals surface area contributed by atoms with Gasteiger partial charge in [-0.1, -0.05) is 19.1 Å². The van der Waals surface area contributed by atoms with Crippen LogP contribution in [0.1, 0.15) is 36.6 Å². The fourth-order valence-corrected chi connectivity index (χ4v) is 3.18. The molecule has 2 heterocycles. The van der Waals surface area contributed by atoms with Gasteiger partial charge in [-0.2, -0.15) is 0 Å². The Kier molecular flexibility index (Phi) is 3.73. The number of nitrogens with zero attached hydrogens (tertiary/aromatic N) is 2. The predicted molar refractivity (Wildman–Crippen MR) is 92.8 cm³/mol. The summed E-state index contributed by atoms with van der Waals surface area (Å²) in [7, 11) is 2.00. The zero-order valence-electron chi connectivity index (χ0n) is 14.0. The third-order valence-corrected chi connectivity index (χ3v) is 4.66. The number of aromatic amines is 1. The van der Waals surface area contributed by atoms with E-state index in [9.17, 15) is 4.79 Å². The zero-order chi connectivity index (χ0) is 16.7. The molecular formula is C19H21N3O2. The number of benzene rings is 1. The lowest BCUT2D eigenvalue weighted by atomic mass is 10.2. The highest BCUT2D eigenvalue weighted by Gasteiger charge is 2.36. The molecule has 0 amide bonds. The summed E-state index contributed by atoms with van der Waals surface area (Å²) in [6.45, 7) is 3.51. The van der Waals surface area contributed by atoms with Gasteiger partial charge in [-0.15, -0.1) is 0 Å². The van der Waals surface area contributed by atoms with Crippen LogP contribution in [0.4, 0.5) is 0 Å². The van der Waals surface area contributed by atoms with Crippen molar-refractivity contribution in [2.75, 3.05) is 7.05 Å². The fraction of sp³-hybridized carbons (Fsp3) is 0.368. The monoisotopic (exact) mass is 323 g/mol. The average molecular weight is 323 g/mol. The number of hydrogen-bond donors (Lipinski definition) is 1. The standard InChI is InChI=1S/C19H21N3O2/c1-12-9-15(12)17-8-7-13(24-17)10-22(2)11-18-20-16-6-4-3-5-14(16)19(23)21-18/h3-8,12,15H,9-11H2,1-2H3,(H,20,21,23)/t12-,15-/m1/s1. The van der Waals surface area contributed by atoms with Crippen molar-refractivity contribution in [1.29, 1.82) is 0 Å². The molecule has 24 heavy (non-hydrogen) atoms. The van der Waals surface area contributed by atoms with E-state index in [2.05, 4.69) is 27.9 Å². The van der Waals surface area contributed by atoms with Crippen molar-refractivity contribution in [2.24, 2.45) is 5.92 Å². The van der Waals surface area contributed by atoms with Gasteiger partial charge in [0.1, 0.15) is 17.3 Å². The Bertz CT molecular complexity index is 928. The molecule has 5 heteroatoms. The summed E-state index contributed by atoms with van der Waals surface area (Å²) >= 11 is 0. The highest BCUT2D eigenvalue weighted by Crippen LogP contribution is 2.47.